The van der Waals surface area contributed by atoms with Crippen LogP contribution in [0.4, 0.5) is 0 Å². The number of hydrogen-bond donors (Lipinski definition) is 0. The molecule has 1 aromatic rings. The fourth-order valence-corrected chi connectivity index (χ4v) is 4.07. The summed E-state index contributed by atoms with van der Waals surface area (Å²) in [5.41, 5.74) is 2.58. The fourth-order valence-electron chi connectivity index (χ4n) is 4.07. The van der Waals surface area contributed by atoms with E-state index in [4.69, 9.17) is 0 Å². The Morgan fingerprint density at radius 2 is 1.75 bits per heavy atom. The largest absolute Gasteiger partial charge is 0.334 e. The van der Waals surface area contributed by atoms with Crippen molar-refractivity contribution in [3.63, 3.8) is 0 Å². The maximum absolute atomic E-state index is 13.1. The summed E-state index contributed by atoms with van der Waals surface area (Å²) in [7, 11) is 0. The number of hydrogen-bond acceptors (Lipinski definition) is 2. The zero-order valence-electron chi connectivity index (χ0n) is 18.1. The Balaban J connectivity index is 1.97. The molecule has 4 heteroatoms. The molecular formula is C24H38N2O2. The number of fused-ring (bicyclic) bond motifs is 1. The average Bonchev–Trinajstić information content (AvgIpc) is 2.70. The van der Waals surface area contributed by atoms with E-state index in [1.54, 1.807) is 0 Å². The van der Waals surface area contributed by atoms with E-state index in [0.29, 0.717) is 13.0 Å². The monoisotopic (exact) mass is 386 g/mol. The molecule has 4 nitrogen and oxygen atoms in total. The van der Waals surface area contributed by atoms with Gasteiger partial charge < -0.3 is 9.80 Å². The Labute approximate surface area is 171 Å². The first kappa shape index (κ1) is 22.4. The molecule has 0 fully saturated rings. The summed E-state index contributed by atoms with van der Waals surface area (Å²) in [6, 6.07) is 8.47. The van der Waals surface area contributed by atoms with Crippen LogP contribution in [0.5, 0.6) is 0 Å². The Bertz CT molecular complexity index is 629. The van der Waals surface area contributed by atoms with Gasteiger partial charge in [0.2, 0.25) is 11.8 Å². The highest BCUT2D eigenvalue weighted by Gasteiger charge is 2.29. The maximum atomic E-state index is 13.1. The normalized spacial score (nSPS) is 16.0. The Morgan fingerprint density at radius 3 is 2.50 bits per heavy atom. The first-order valence-corrected chi connectivity index (χ1v) is 11.2. The van der Waals surface area contributed by atoms with Crippen LogP contribution in [-0.4, -0.2) is 41.2 Å². The predicted molar refractivity (Wildman–Crippen MR) is 115 cm³/mol. The van der Waals surface area contributed by atoms with Crippen LogP contribution in [0.25, 0.3) is 0 Å². The van der Waals surface area contributed by atoms with Crippen LogP contribution in [0, 0.1) is 0 Å². The molecule has 1 heterocycles. The highest BCUT2D eigenvalue weighted by atomic mass is 16.2. The molecule has 2 rings (SSSR count). The van der Waals surface area contributed by atoms with Gasteiger partial charge in [0.25, 0.3) is 0 Å². The maximum Gasteiger partial charge on any atom is 0.242 e. The third kappa shape index (κ3) is 6.35. The van der Waals surface area contributed by atoms with Gasteiger partial charge in [0, 0.05) is 19.5 Å². The quantitative estimate of drug-likeness (QED) is 0.495. The number of unbranched alkanes of at least 4 members (excludes halogenated alkanes) is 5. The van der Waals surface area contributed by atoms with E-state index in [2.05, 4.69) is 39.0 Å². The van der Waals surface area contributed by atoms with Gasteiger partial charge in [0.05, 0.1) is 12.6 Å². The molecule has 0 saturated carbocycles. The van der Waals surface area contributed by atoms with E-state index in [1.165, 1.54) is 24.0 Å². The van der Waals surface area contributed by atoms with Crippen LogP contribution < -0.4 is 0 Å². The Hall–Kier alpha value is -1.84. The topological polar surface area (TPSA) is 40.6 Å². The summed E-state index contributed by atoms with van der Waals surface area (Å²) in [4.78, 5) is 29.6. The highest BCUT2D eigenvalue weighted by Crippen LogP contribution is 2.29. The molecular weight excluding hydrogens is 348 g/mol. The molecule has 156 valence electrons. The number of rotatable bonds is 11. The summed E-state index contributed by atoms with van der Waals surface area (Å²) >= 11 is 0. The van der Waals surface area contributed by atoms with Gasteiger partial charge in [-0.05, 0) is 37.3 Å². The van der Waals surface area contributed by atoms with Gasteiger partial charge in [0.15, 0.2) is 0 Å². The molecule has 2 amide bonds. The number of amides is 2. The number of carbonyl (C=O) groups excluding carboxylic acids is 2. The van der Waals surface area contributed by atoms with E-state index >= 15 is 0 Å². The SMILES string of the molecule is CCCCCCC(=O)N(CCCCC)CC(=O)N1CCc2ccccc2[C@H]1C. The molecule has 1 aliphatic rings. The lowest BCUT2D eigenvalue weighted by atomic mass is 9.93. The van der Waals surface area contributed by atoms with E-state index < -0.39 is 0 Å². The molecule has 0 saturated heterocycles. The molecule has 28 heavy (non-hydrogen) atoms. The molecule has 1 aromatic carbocycles. The molecule has 1 atom stereocenters. The molecule has 0 bridgehead atoms. The third-order valence-electron chi connectivity index (χ3n) is 5.87. The van der Waals surface area contributed by atoms with Crippen LogP contribution in [0.2, 0.25) is 0 Å². The van der Waals surface area contributed by atoms with Crippen LogP contribution >= 0.6 is 0 Å². The fraction of sp³-hybridized carbons (Fsp3) is 0.667. The average molecular weight is 387 g/mol. The highest BCUT2D eigenvalue weighted by molar-refractivity contribution is 5.85. The van der Waals surface area contributed by atoms with Gasteiger partial charge in [-0.2, -0.15) is 0 Å². The molecule has 0 unspecified atom stereocenters. The molecule has 0 aromatic heterocycles. The standard InChI is InChI=1S/C24H38N2O2/c1-4-6-8-9-15-23(27)25(17-12-7-5-2)19-24(28)26-18-16-21-13-10-11-14-22(21)20(26)3/h10-11,13-14,20H,4-9,12,15-19H2,1-3H3/t20-/m1/s1. The zero-order chi connectivity index (χ0) is 20.4. The zero-order valence-corrected chi connectivity index (χ0v) is 18.1. The van der Waals surface area contributed by atoms with E-state index in [9.17, 15) is 9.59 Å². The van der Waals surface area contributed by atoms with Gasteiger partial charge in [-0.3, -0.25) is 9.59 Å². The van der Waals surface area contributed by atoms with Crippen molar-refractivity contribution in [3.8, 4) is 0 Å². The molecule has 1 aliphatic heterocycles. The van der Waals surface area contributed by atoms with E-state index in [-0.39, 0.29) is 24.4 Å². The molecule has 0 N–H and O–H groups in total. The lowest BCUT2D eigenvalue weighted by Crippen LogP contribution is -2.46. The Morgan fingerprint density at radius 1 is 1.04 bits per heavy atom. The number of nitrogens with zero attached hydrogens (tertiary/aromatic N) is 2. The van der Waals surface area contributed by atoms with Gasteiger partial charge in [-0.15, -0.1) is 0 Å². The molecule has 0 aliphatic carbocycles. The number of carbonyl (C=O) groups is 2. The molecule has 0 spiro atoms. The summed E-state index contributed by atoms with van der Waals surface area (Å²) < 4.78 is 0. The van der Waals surface area contributed by atoms with Crippen molar-refractivity contribution >= 4 is 11.8 Å². The van der Waals surface area contributed by atoms with Crippen molar-refractivity contribution in [2.24, 2.45) is 0 Å². The summed E-state index contributed by atoms with van der Waals surface area (Å²) in [5.74, 6) is 0.228. The number of benzene rings is 1. The van der Waals surface area contributed by atoms with Crippen LogP contribution in [0.1, 0.15) is 89.3 Å². The van der Waals surface area contributed by atoms with Crippen molar-refractivity contribution in [1.82, 2.24) is 9.80 Å². The first-order chi connectivity index (χ1) is 13.6. The smallest absolute Gasteiger partial charge is 0.242 e. The lowest BCUT2D eigenvalue weighted by molar-refractivity contribution is -0.142. The van der Waals surface area contributed by atoms with Crippen molar-refractivity contribution in [2.45, 2.75) is 84.6 Å². The van der Waals surface area contributed by atoms with Crippen molar-refractivity contribution in [1.29, 1.82) is 0 Å². The van der Waals surface area contributed by atoms with Crippen LogP contribution in [0.15, 0.2) is 24.3 Å². The van der Waals surface area contributed by atoms with E-state index in [0.717, 1.165) is 45.1 Å². The summed E-state index contributed by atoms with van der Waals surface area (Å²) in [6.45, 7) is 8.10. The van der Waals surface area contributed by atoms with Gasteiger partial charge in [-0.25, -0.2) is 0 Å². The second-order valence-corrected chi connectivity index (χ2v) is 8.04. The van der Waals surface area contributed by atoms with Gasteiger partial charge in [-0.1, -0.05) is 70.2 Å². The summed E-state index contributed by atoms with van der Waals surface area (Å²) in [5, 5.41) is 0. The second-order valence-electron chi connectivity index (χ2n) is 8.04. The second kappa shape index (κ2) is 11.9. The van der Waals surface area contributed by atoms with Crippen LogP contribution in [0.3, 0.4) is 0 Å². The lowest BCUT2D eigenvalue weighted by Gasteiger charge is -2.36. The predicted octanol–water partition coefficient (Wildman–Crippen LogP) is 5.12. The van der Waals surface area contributed by atoms with Crippen molar-refractivity contribution < 1.29 is 9.59 Å². The molecule has 0 radical (unpaired) electrons. The Kier molecular flexibility index (Phi) is 9.52. The third-order valence-corrected chi connectivity index (χ3v) is 5.87. The van der Waals surface area contributed by atoms with E-state index in [1.807, 2.05) is 15.9 Å². The summed E-state index contributed by atoms with van der Waals surface area (Å²) in [6.07, 6.45) is 9.02. The first-order valence-electron chi connectivity index (χ1n) is 11.2. The minimum absolute atomic E-state index is 0.0783. The minimum atomic E-state index is 0.0783. The minimum Gasteiger partial charge on any atom is -0.334 e. The van der Waals surface area contributed by atoms with Gasteiger partial charge >= 0.3 is 0 Å². The van der Waals surface area contributed by atoms with Crippen LogP contribution in [-0.2, 0) is 16.0 Å². The van der Waals surface area contributed by atoms with Crippen molar-refractivity contribution in [3.05, 3.63) is 35.4 Å². The van der Waals surface area contributed by atoms with Gasteiger partial charge in [0.1, 0.15) is 0 Å². The van der Waals surface area contributed by atoms with Crippen molar-refractivity contribution in [2.75, 3.05) is 19.6 Å².